The highest BCUT2D eigenvalue weighted by atomic mass is 16.3. The molecule has 0 saturated carbocycles. The van der Waals surface area contributed by atoms with Crippen molar-refractivity contribution in [3.63, 3.8) is 0 Å². The lowest BCUT2D eigenvalue weighted by Gasteiger charge is -1.93. The Labute approximate surface area is 87.5 Å². The molecule has 0 unspecified atom stereocenters. The zero-order valence-electron chi connectivity index (χ0n) is 7.94. The monoisotopic (exact) mass is 196 g/mol. The fourth-order valence-corrected chi connectivity index (χ4v) is 1.19. The molecule has 2 aromatic rings. The van der Waals surface area contributed by atoms with Gasteiger partial charge in [-0.3, -0.25) is 4.79 Å². The first-order valence-electron chi connectivity index (χ1n) is 4.50. The molecule has 2 nitrogen and oxygen atoms in total. The quantitative estimate of drug-likeness (QED) is 0.518. The molecule has 1 aromatic carbocycles. The number of carbonyl (C=O) groups is 1. The molecule has 2 heteroatoms. The molecule has 0 aliphatic rings. The highest BCUT2D eigenvalue weighted by Crippen LogP contribution is 2.05. The first-order chi connectivity index (χ1) is 7.40. The maximum atomic E-state index is 10.7. The van der Waals surface area contributed by atoms with Crippen molar-refractivity contribution in [2.24, 2.45) is 0 Å². The van der Waals surface area contributed by atoms with Crippen LogP contribution in [-0.2, 0) is 0 Å². The van der Waals surface area contributed by atoms with Gasteiger partial charge in [0.15, 0.2) is 12.0 Å². The fraction of sp³-hybridized carbons (Fsp3) is 0. The molecule has 1 heterocycles. The van der Waals surface area contributed by atoms with Gasteiger partial charge in [0.1, 0.15) is 0 Å². The van der Waals surface area contributed by atoms with E-state index in [0.29, 0.717) is 16.9 Å². The topological polar surface area (TPSA) is 30.2 Å². The minimum absolute atomic E-state index is 0.593. The Bertz CT molecular complexity index is 513. The molecule has 0 fully saturated rings. The van der Waals surface area contributed by atoms with Crippen molar-refractivity contribution in [2.75, 3.05) is 0 Å². The number of benzene rings is 1. The molecule has 0 amide bonds. The molecule has 15 heavy (non-hydrogen) atoms. The largest absolute Gasteiger partial charge is 0.456 e. The molecule has 0 radical (unpaired) electrons. The third-order valence-electron chi connectivity index (χ3n) is 1.93. The Morgan fingerprint density at radius 2 is 1.93 bits per heavy atom. The van der Waals surface area contributed by atoms with Crippen LogP contribution >= 0.6 is 0 Å². The predicted molar refractivity (Wildman–Crippen MR) is 56.5 cm³/mol. The number of rotatable bonds is 1. The molecule has 72 valence electrons. The number of hydrogen-bond donors (Lipinski definition) is 0. The van der Waals surface area contributed by atoms with Gasteiger partial charge in [-0.25, -0.2) is 0 Å². The maximum absolute atomic E-state index is 10.7. The van der Waals surface area contributed by atoms with Crippen LogP contribution in [0.5, 0.6) is 0 Å². The van der Waals surface area contributed by atoms with Crippen LogP contribution in [-0.4, -0.2) is 6.29 Å². The first-order valence-corrected chi connectivity index (χ1v) is 4.50. The lowest BCUT2D eigenvalue weighted by molar-refractivity contribution is 0.112. The van der Waals surface area contributed by atoms with E-state index in [4.69, 9.17) is 4.42 Å². The standard InChI is InChI=1S/C13H8O2/c14-10-12-5-2-1-4-11(12)7-8-13-6-3-9-15-13/h1-6,9-10H. The molecule has 0 atom stereocenters. The summed E-state index contributed by atoms with van der Waals surface area (Å²) < 4.78 is 5.07. The van der Waals surface area contributed by atoms with Crippen LogP contribution in [0.1, 0.15) is 21.7 Å². The second-order valence-electron chi connectivity index (χ2n) is 2.93. The van der Waals surface area contributed by atoms with E-state index in [9.17, 15) is 4.79 Å². The smallest absolute Gasteiger partial charge is 0.176 e. The van der Waals surface area contributed by atoms with Gasteiger partial charge in [0, 0.05) is 11.1 Å². The van der Waals surface area contributed by atoms with Gasteiger partial charge in [-0.15, -0.1) is 0 Å². The van der Waals surface area contributed by atoms with Crippen molar-refractivity contribution >= 4 is 6.29 Å². The Kier molecular flexibility index (Phi) is 2.66. The number of aldehydes is 1. The highest BCUT2D eigenvalue weighted by Gasteiger charge is 1.95. The predicted octanol–water partition coefficient (Wildman–Crippen LogP) is 2.49. The average molecular weight is 196 g/mol. The normalized spacial score (nSPS) is 9.07. The Morgan fingerprint density at radius 1 is 1.07 bits per heavy atom. The van der Waals surface area contributed by atoms with Gasteiger partial charge < -0.3 is 4.42 Å². The summed E-state index contributed by atoms with van der Waals surface area (Å²) in [5, 5.41) is 0. The maximum Gasteiger partial charge on any atom is 0.176 e. The van der Waals surface area contributed by atoms with E-state index >= 15 is 0 Å². The van der Waals surface area contributed by atoms with Crippen LogP contribution in [0.25, 0.3) is 0 Å². The molecular weight excluding hydrogens is 188 g/mol. The summed E-state index contributed by atoms with van der Waals surface area (Å²) >= 11 is 0. The molecule has 0 bridgehead atoms. The zero-order valence-corrected chi connectivity index (χ0v) is 7.94. The zero-order chi connectivity index (χ0) is 10.5. The van der Waals surface area contributed by atoms with Gasteiger partial charge in [-0.1, -0.05) is 24.1 Å². The third kappa shape index (κ3) is 2.15. The second kappa shape index (κ2) is 4.30. The van der Waals surface area contributed by atoms with Crippen molar-refractivity contribution in [2.45, 2.75) is 0 Å². The summed E-state index contributed by atoms with van der Waals surface area (Å²) in [6.07, 6.45) is 2.36. The van der Waals surface area contributed by atoms with Crippen molar-refractivity contribution in [3.05, 3.63) is 59.5 Å². The molecule has 0 aliphatic carbocycles. The summed E-state index contributed by atoms with van der Waals surface area (Å²) in [6, 6.07) is 10.7. The lowest BCUT2D eigenvalue weighted by Crippen LogP contribution is -1.85. The van der Waals surface area contributed by atoms with E-state index in [2.05, 4.69) is 11.8 Å². The van der Waals surface area contributed by atoms with Crippen LogP contribution < -0.4 is 0 Å². The van der Waals surface area contributed by atoms with E-state index in [1.54, 1.807) is 30.5 Å². The Morgan fingerprint density at radius 3 is 2.67 bits per heavy atom. The SMILES string of the molecule is O=Cc1ccccc1C#Cc1ccco1. The van der Waals surface area contributed by atoms with Crippen LogP contribution in [0.4, 0.5) is 0 Å². The number of carbonyl (C=O) groups excluding carboxylic acids is 1. The van der Waals surface area contributed by atoms with Crippen molar-refractivity contribution in [1.29, 1.82) is 0 Å². The van der Waals surface area contributed by atoms with Gasteiger partial charge in [0.2, 0.25) is 0 Å². The van der Waals surface area contributed by atoms with Gasteiger partial charge in [-0.05, 0) is 24.1 Å². The van der Waals surface area contributed by atoms with E-state index < -0.39 is 0 Å². The van der Waals surface area contributed by atoms with Crippen molar-refractivity contribution in [1.82, 2.24) is 0 Å². The molecule has 1 aromatic heterocycles. The highest BCUT2D eigenvalue weighted by molar-refractivity contribution is 5.79. The number of hydrogen-bond acceptors (Lipinski definition) is 2. The first kappa shape index (κ1) is 9.29. The van der Waals surface area contributed by atoms with Gasteiger partial charge in [0.25, 0.3) is 0 Å². The van der Waals surface area contributed by atoms with Gasteiger partial charge in [-0.2, -0.15) is 0 Å². The molecule has 0 aliphatic heterocycles. The van der Waals surface area contributed by atoms with Crippen LogP contribution in [0.3, 0.4) is 0 Å². The van der Waals surface area contributed by atoms with Crippen molar-refractivity contribution in [3.8, 4) is 11.8 Å². The third-order valence-corrected chi connectivity index (χ3v) is 1.93. The summed E-state index contributed by atoms with van der Waals surface area (Å²) in [7, 11) is 0. The summed E-state index contributed by atoms with van der Waals surface area (Å²) in [5.74, 6) is 6.32. The van der Waals surface area contributed by atoms with Gasteiger partial charge in [0.05, 0.1) is 6.26 Å². The van der Waals surface area contributed by atoms with Crippen molar-refractivity contribution < 1.29 is 9.21 Å². The summed E-state index contributed by atoms with van der Waals surface area (Å²) in [4.78, 5) is 10.7. The molecule has 0 saturated heterocycles. The summed E-state index contributed by atoms with van der Waals surface area (Å²) in [5.41, 5.74) is 1.31. The minimum Gasteiger partial charge on any atom is -0.456 e. The Hall–Kier alpha value is -2.27. The molecular formula is C13H8O2. The van der Waals surface area contributed by atoms with E-state index in [1.807, 2.05) is 12.1 Å². The second-order valence-corrected chi connectivity index (χ2v) is 2.93. The molecule has 2 rings (SSSR count). The van der Waals surface area contributed by atoms with Crippen LogP contribution in [0.15, 0.2) is 47.1 Å². The van der Waals surface area contributed by atoms with E-state index in [1.165, 1.54) is 0 Å². The number of furan rings is 1. The summed E-state index contributed by atoms with van der Waals surface area (Å²) in [6.45, 7) is 0. The van der Waals surface area contributed by atoms with Crippen LogP contribution in [0.2, 0.25) is 0 Å². The van der Waals surface area contributed by atoms with E-state index in [-0.39, 0.29) is 0 Å². The fourth-order valence-electron chi connectivity index (χ4n) is 1.19. The average Bonchev–Trinajstić information content (AvgIpc) is 2.79. The lowest BCUT2D eigenvalue weighted by atomic mass is 10.1. The van der Waals surface area contributed by atoms with Crippen LogP contribution in [0, 0.1) is 11.8 Å². The molecule has 0 N–H and O–H groups in total. The molecule has 0 spiro atoms. The Balaban J connectivity index is 2.35. The van der Waals surface area contributed by atoms with Gasteiger partial charge >= 0.3 is 0 Å². The van der Waals surface area contributed by atoms with E-state index in [0.717, 1.165) is 6.29 Å². The minimum atomic E-state index is 0.593.